The third-order valence-corrected chi connectivity index (χ3v) is 6.16. The van der Waals surface area contributed by atoms with Crippen LogP contribution < -0.4 is 10.6 Å². The van der Waals surface area contributed by atoms with Crippen LogP contribution in [0.5, 0.6) is 0 Å². The summed E-state index contributed by atoms with van der Waals surface area (Å²) >= 11 is 6.69. The second kappa shape index (κ2) is 9.85. The highest BCUT2D eigenvalue weighted by atomic mass is 32.1. The maximum Gasteiger partial charge on any atom is 0.257 e. The molecule has 4 rings (SSSR count). The van der Waals surface area contributed by atoms with Gasteiger partial charge in [0.15, 0.2) is 16.0 Å². The first-order valence-electron chi connectivity index (χ1n) is 10.3. The van der Waals surface area contributed by atoms with Gasteiger partial charge in [-0.05, 0) is 55.4 Å². The fraction of sp³-hybridized carbons (Fsp3) is 0.0769. The monoisotopic (exact) mass is 471 g/mol. The molecule has 33 heavy (non-hydrogen) atoms. The normalized spacial score (nSPS) is 10.5. The molecule has 0 radical (unpaired) electrons. The largest absolute Gasteiger partial charge is 0.308 e. The van der Waals surface area contributed by atoms with E-state index in [1.807, 2.05) is 29.6 Å². The van der Waals surface area contributed by atoms with Crippen LogP contribution in [0.1, 0.15) is 37.4 Å². The maximum atomic E-state index is 12.6. The molecule has 4 aromatic rings. The number of rotatable bonds is 5. The molecule has 1 aromatic heterocycles. The first-order valence-corrected chi connectivity index (χ1v) is 11.5. The van der Waals surface area contributed by atoms with Gasteiger partial charge >= 0.3 is 0 Å². The number of carbonyl (C=O) groups is 2. The lowest BCUT2D eigenvalue weighted by atomic mass is 10.0. The van der Waals surface area contributed by atoms with E-state index in [1.165, 1.54) is 22.5 Å². The molecule has 3 aromatic carbocycles. The van der Waals surface area contributed by atoms with E-state index in [1.54, 1.807) is 36.4 Å². The summed E-state index contributed by atoms with van der Waals surface area (Å²) in [5.41, 5.74) is 5.83. The summed E-state index contributed by atoms with van der Waals surface area (Å²) in [5.74, 6) is -0.458. The van der Waals surface area contributed by atoms with Crippen LogP contribution in [0, 0.1) is 13.8 Å². The summed E-state index contributed by atoms with van der Waals surface area (Å²) in [6.07, 6.45) is 0. The first-order chi connectivity index (χ1) is 15.9. The quantitative estimate of drug-likeness (QED) is 0.285. The Morgan fingerprint density at radius 3 is 2.21 bits per heavy atom. The summed E-state index contributed by atoms with van der Waals surface area (Å²) in [4.78, 5) is 29.6. The number of nitrogens with one attached hydrogen (secondary N) is 2. The number of aryl methyl sites for hydroxylation is 2. The number of anilines is 1. The Hall–Kier alpha value is -3.68. The van der Waals surface area contributed by atoms with Crippen molar-refractivity contribution in [3.05, 3.63) is 106 Å². The van der Waals surface area contributed by atoms with Gasteiger partial charge in [-0.3, -0.25) is 14.9 Å². The van der Waals surface area contributed by atoms with E-state index < -0.39 is 0 Å². The van der Waals surface area contributed by atoms with E-state index in [2.05, 4.69) is 41.6 Å². The number of ketones is 1. The molecule has 0 fully saturated rings. The molecule has 2 N–H and O–H groups in total. The van der Waals surface area contributed by atoms with Crippen LogP contribution in [0.2, 0.25) is 0 Å². The molecule has 0 bridgehead atoms. The van der Waals surface area contributed by atoms with E-state index in [0.717, 1.165) is 11.3 Å². The number of carbonyl (C=O) groups excluding carboxylic acids is 2. The Kier molecular flexibility index (Phi) is 6.72. The number of thiocarbonyl (C=S) groups is 1. The molecular weight excluding hydrogens is 450 g/mol. The van der Waals surface area contributed by atoms with Gasteiger partial charge in [0.2, 0.25) is 0 Å². The van der Waals surface area contributed by atoms with E-state index in [-0.39, 0.29) is 16.8 Å². The Morgan fingerprint density at radius 1 is 0.848 bits per heavy atom. The summed E-state index contributed by atoms with van der Waals surface area (Å²) < 4.78 is 0. The third kappa shape index (κ3) is 5.39. The van der Waals surface area contributed by atoms with Gasteiger partial charge < -0.3 is 5.32 Å². The van der Waals surface area contributed by atoms with Crippen molar-refractivity contribution in [1.82, 2.24) is 10.3 Å². The summed E-state index contributed by atoms with van der Waals surface area (Å²) in [6, 6.07) is 21.7. The van der Waals surface area contributed by atoms with Crippen LogP contribution in [-0.4, -0.2) is 21.8 Å². The number of benzene rings is 3. The second-order valence-electron chi connectivity index (χ2n) is 7.52. The van der Waals surface area contributed by atoms with Crippen LogP contribution in [0.4, 0.5) is 5.13 Å². The predicted octanol–water partition coefficient (Wildman–Crippen LogP) is 5.78. The molecule has 164 valence electrons. The molecule has 0 spiro atoms. The van der Waals surface area contributed by atoms with Gasteiger partial charge in [-0.15, -0.1) is 11.3 Å². The van der Waals surface area contributed by atoms with Crippen LogP contribution in [0.15, 0.2) is 78.2 Å². The van der Waals surface area contributed by atoms with Crippen LogP contribution in [-0.2, 0) is 0 Å². The van der Waals surface area contributed by atoms with Crippen LogP contribution in [0.3, 0.4) is 0 Å². The third-order valence-electron chi connectivity index (χ3n) is 5.20. The average Bonchev–Trinajstić information content (AvgIpc) is 3.29. The fourth-order valence-corrected chi connectivity index (χ4v) is 4.18. The Balaban J connectivity index is 1.37. The van der Waals surface area contributed by atoms with E-state index in [9.17, 15) is 9.59 Å². The van der Waals surface area contributed by atoms with Gasteiger partial charge in [-0.25, -0.2) is 4.98 Å². The fourth-order valence-electron chi connectivity index (χ4n) is 3.20. The zero-order chi connectivity index (χ0) is 23.4. The highest BCUT2D eigenvalue weighted by Gasteiger charge is 2.13. The highest BCUT2D eigenvalue weighted by molar-refractivity contribution is 7.80. The second-order valence-corrected chi connectivity index (χ2v) is 8.78. The topological polar surface area (TPSA) is 71.1 Å². The first kappa shape index (κ1) is 22.5. The van der Waals surface area contributed by atoms with Gasteiger partial charge in [0.1, 0.15) is 0 Å². The van der Waals surface area contributed by atoms with Crippen molar-refractivity contribution < 1.29 is 9.59 Å². The maximum absolute atomic E-state index is 12.6. The Morgan fingerprint density at radius 2 is 1.52 bits per heavy atom. The van der Waals surface area contributed by atoms with Gasteiger partial charge in [-0.2, -0.15) is 0 Å². The SMILES string of the molecule is Cc1ccc(-c2csc(NC(=S)NC(=O)c3ccc(C(=O)c4ccccc4)cc3)n2)cc1C. The summed E-state index contributed by atoms with van der Waals surface area (Å²) in [6.45, 7) is 4.14. The van der Waals surface area contributed by atoms with Crippen molar-refractivity contribution >= 4 is 45.5 Å². The minimum absolute atomic E-state index is 0.0944. The van der Waals surface area contributed by atoms with Crippen molar-refractivity contribution in [1.29, 1.82) is 0 Å². The molecule has 0 unspecified atom stereocenters. The molecule has 7 heteroatoms. The molecule has 0 saturated carbocycles. The number of nitrogens with zero attached hydrogens (tertiary/aromatic N) is 1. The zero-order valence-corrected chi connectivity index (χ0v) is 19.7. The van der Waals surface area contributed by atoms with Crippen molar-refractivity contribution in [2.75, 3.05) is 5.32 Å². The summed E-state index contributed by atoms with van der Waals surface area (Å²) in [7, 11) is 0. The van der Waals surface area contributed by atoms with E-state index in [4.69, 9.17) is 12.2 Å². The zero-order valence-electron chi connectivity index (χ0n) is 18.1. The van der Waals surface area contributed by atoms with Crippen molar-refractivity contribution in [3.63, 3.8) is 0 Å². The van der Waals surface area contributed by atoms with Crippen molar-refractivity contribution in [2.45, 2.75) is 13.8 Å². The number of amides is 1. The van der Waals surface area contributed by atoms with E-state index in [0.29, 0.717) is 21.8 Å². The lowest BCUT2D eigenvalue weighted by Gasteiger charge is -2.08. The Labute approximate surface area is 201 Å². The molecule has 0 aliphatic rings. The molecule has 5 nitrogen and oxygen atoms in total. The number of aromatic nitrogens is 1. The van der Waals surface area contributed by atoms with Crippen LogP contribution in [0.25, 0.3) is 11.3 Å². The predicted molar refractivity (Wildman–Crippen MR) is 137 cm³/mol. The average molecular weight is 472 g/mol. The van der Waals surface area contributed by atoms with Crippen molar-refractivity contribution in [3.8, 4) is 11.3 Å². The van der Waals surface area contributed by atoms with E-state index >= 15 is 0 Å². The summed E-state index contributed by atoms with van der Waals surface area (Å²) in [5, 5.41) is 8.31. The molecule has 0 aliphatic carbocycles. The van der Waals surface area contributed by atoms with Gasteiger partial charge in [0.25, 0.3) is 5.91 Å². The number of thiazole rings is 1. The Bertz CT molecular complexity index is 1330. The molecule has 0 atom stereocenters. The smallest absolute Gasteiger partial charge is 0.257 e. The number of hydrogen-bond donors (Lipinski definition) is 2. The van der Waals surface area contributed by atoms with Crippen LogP contribution >= 0.6 is 23.6 Å². The molecule has 1 amide bonds. The highest BCUT2D eigenvalue weighted by Crippen LogP contribution is 2.26. The molecule has 0 saturated heterocycles. The minimum atomic E-state index is -0.364. The van der Waals surface area contributed by atoms with Gasteiger partial charge in [0, 0.05) is 27.6 Å². The minimum Gasteiger partial charge on any atom is -0.308 e. The lowest BCUT2D eigenvalue weighted by molar-refractivity contribution is 0.0975. The van der Waals surface area contributed by atoms with Gasteiger partial charge in [0.05, 0.1) is 5.69 Å². The lowest BCUT2D eigenvalue weighted by Crippen LogP contribution is -2.34. The molecular formula is C26H21N3O2S2. The van der Waals surface area contributed by atoms with Gasteiger partial charge in [-0.1, -0.05) is 54.6 Å². The standard InChI is InChI=1S/C26H21N3O2S2/c1-16-8-9-21(14-17(16)2)22-15-33-26(27-22)29-25(32)28-24(31)20-12-10-19(11-13-20)23(30)18-6-4-3-5-7-18/h3-15H,1-2H3,(H2,27,28,29,31,32). The molecule has 0 aliphatic heterocycles. The molecule has 1 heterocycles. The number of hydrogen-bond acceptors (Lipinski definition) is 5. The van der Waals surface area contributed by atoms with Crippen molar-refractivity contribution in [2.24, 2.45) is 0 Å².